The van der Waals surface area contributed by atoms with Crippen LogP contribution in [0.25, 0.3) is 0 Å². The van der Waals surface area contributed by atoms with Crippen LogP contribution in [0.15, 0.2) is 29.3 Å². The number of hydrogen-bond donors (Lipinski definition) is 1. The van der Waals surface area contributed by atoms with E-state index in [0.29, 0.717) is 4.75 Å². The van der Waals surface area contributed by atoms with Gasteiger partial charge in [0.05, 0.1) is 0 Å². The molecule has 0 unspecified atom stereocenters. The van der Waals surface area contributed by atoms with Gasteiger partial charge in [0, 0.05) is 37.2 Å². The van der Waals surface area contributed by atoms with Gasteiger partial charge in [0.1, 0.15) is 0 Å². The lowest BCUT2D eigenvalue weighted by Gasteiger charge is -2.39. The molecule has 1 fully saturated rings. The first-order valence-corrected chi connectivity index (χ1v) is 8.64. The summed E-state index contributed by atoms with van der Waals surface area (Å²) in [5.41, 5.74) is 2.78. The molecule has 1 N–H and O–H groups in total. The van der Waals surface area contributed by atoms with Crippen molar-refractivity contribution in [3.63, 3.8) is 0 Å². The van der Waals surface area contributed by atoms with Crippen LogP contribution in [-0.2, 0) is 6.42 Å². The maximum absolute atomic E-state index is 4.45. The summed E-state index contributed by atoms with van der Waals surface area (Å²) >= 11 is 2.05. The number of thioether (sulfide) groups is 1. The molecule has 1 aliphatic heterocycles. The maximum Gasteiger partial charge on any atom is 0.193 e. The highest BCUT2D eigenvalue weighted by atomic mass is 127. The van der Waals surface area contributed by atoms with Crippen molar-refractivity contribution in [2.45, 2.75) is 31.9 Å². The first-order chi connectivity index (χ1) is 10.0. The zero-order valence-corrected chi connectivity index (χ0v) is 17.2. The first-order valence-electron chi connectivity index (χ1n) is 7.66. The Morgan fingerprint density at radius 3 is 2.73 bits per heavy atom. The quantitative estimate of drug-likeness (QED) is 0.449. The minimum absolute atomic E-state index is 0. The van der Waals surface area contributed by atoms with Crippen molar-refractivity contribution in [3.05, 3.63) is 35.4 Å². The Labute approximate surface area is 156 Å². The molecule has 0 atom stereocenters. The molecule has 124 valence electrons. The average Bonchev–Trinajstić information content (AvgIpc) is 2.44. The van der Waals surface area contributed by atoms with Crippen molar-refractivity contribution < 1.29 is 0 Å². The molecule has 1 heterocycles. The third kappa shape index (κ3) is 5.65. The molecule has 0 spiro atoms. The molecule has 0 amide bonds. The predicted octanol–water partition coefficient (Wildman–Crippen LogP) is 3.56. The molecule has 1 aromatic carbocycles. The van der Waals surface area contributed by atoms with E-state index in [4.69, 9.17) is 0 Å². The van der Waals surface area contributed by atoms with E-state index in [9.17, 15) is 0 Å². The largest absolute Gasteiger partial charge is 0.356 e. The van der Waals surface area contributed by atoms with Gasteiger partial charge in [0.2, 0.25) is 0 Å². The minimum atomic E-state index is 0. The van der Waals surface area contributed by atoms with Crippen LogP contribution >= 0.6 is 35.7 Å². The zero-order chi connectivity index (χ0) is 15.3. The average molecular weight is 433 g/mol. The Balaban J connectivity index is 0.00000242. The fourth-order valence-corrected chi connectivity index (χ4v) is 3.84. The smallest absolute Gasteiger partial charge is 0.193 e. The van der Waals surface area contributed by atoms with Gasteiger partial charge < -0.3 is 10.2 Å². The molecule has 1 aliphatic rings. The van der Waals surface area contributed by atoms with E-state index in [1.165, 1.54) is 16.9 Å². The van der Waals surface area contributed by atoms with Crippen molar-refractivity contribution >= 4 is 41.7 Å². The van der Waals surface area contributed by atoms with Crippen LogP contribution in [0.1, 0.15) is 25.0 Å². The summed E-state index contributed by atoms with van der Waals surface area (Å²) < 4.78 is 0.311. The van der Waals surface area contributed by atoms with Crippen LogP contribution in [0, 0.1) is 6.92 Å². The number of rotatable bonds is 3. The van der Waals surface area contributed by atoms with Crippen molar-refractivity contribution in [1.82, 2.24) is 10.2 Å². The molecule has 1 saturated heterocycles. The molecule has 3 nitrogen and oxygen atoms in total. The van der Waals surface area contributed by atoms with Gasteiger partial charge in [0.25, 0.3) is 0 Å². The second-order valence-electron chi connectivity index (χ2n) is 6.18. The maximum atomic E-state index is 4.45. The topological polar surface area (TPSA) is 27.6 Å². The van der Waals surface area contributed by atoms with Gasteiger partial charge in [-0.15, -0.1) is 24.0 Å². The summed E-state index contributed by atoms with van der Waals surface area (Å²) in [7, 11) is 1.88. The molecule has 0 aliphatic carbocycles. The zero-order valence-electron chi connectivity index (χ0n) is 14.1. The van der Waals surface area contributed by atoms with Crippen molar-refractivity contribution in [2.24, 2.45) is 4.99 Å². The van der Waals surface area contributed by atoms with E-state index >= 15 is 0 Å². The van der Waals surface area contributed by atoms with Gasteiger partial charge in [-0.1, -0.05) is 24.3 Å². The third-order valence-corrected chi connectivity index (χ3v) is 5.17. The number of halogens is 1. The molecule has 2 rings (SSSR count). The number of guanidine groups is 1. The molecule has 5 heteroatoms. The van der Waals surface area contributed by atoms with E-state index < -0.39 is 0 Å². The highest BCUT2D eigenvalue weighted by Gasteiger charge is 2.28. The second-order valence-corrected chi connectivity index (χ2v) is 7.98. The highest BCUT2D eigenvalue weighted by molar-refractivity contribution is 14.0. The predicted molar refractivity (Wildman–Crippen MR) is 110 cm³/mol. The highest BCUT2D eigenvalue weighted by Crippen LogP contribution is 2.29. The van der Waals surface area contributed by atoms with E-state index in [0.717, 1.165) is 32.0 Å². The fraction of sp³-hybridized carbons (Fsp3) is 0.588. The molecule has 1 aromatic rings. The number of nitrogens with one attached hydrogen (secondary N) is 1. The summed E-state index contributed by atoms with van der Waals surface area (Å²) in [4.78, 5) is 6.84. The molecule has 22 heavy (non-hydrogen) atoms. The first kappa shape index (κ1) is 19.6. The number of nitrogens with zero attached hydrogens (tertiary/aromatic N) is 2. The van der Waals surface area contributed by atoms with Gasteiger partial charge in [0.15, 0.2) is 5.96 Å². The summed E-state index contributed by atoms with van der Waals surface area (Å²) in [5, 5.41) is 3.52. The van der Waals surface area contributed by atoms with Gasteiger partial charge in [-0.2, -0.15) is 11.8 Å². The van der Waals surface area contributed by atoms with Gasteiger partial charge >= 0.3 is 0 Å². The van der Waals surface area contributed by atoms with Crippen LogP contribution in [0.3, 0.4) is 0 Å². The molecule has 0 saturated carbocycles. The van der Waals surface area contributed by atoms with Crippen molar-refractivity contribution in [3.8, 4) is 0 Å². The van der Waals surface area contributed by atoms with Crippen LogP contribution in [-0.4, -0.2) is 48.0 Å². The SMILES string of the molecule is CN=C(NCCc1ccccc1C)N1CCSC(C)(C)C1.I. The fourth-order valence-electron chi connectivity index (χ4n) is 2.73. The van der Waals surface area contributed by atoms with Crippen molar-refractivity contribution in [2.75, 3.05) is 32.4 Å². The monoisotopic (exact) mass is 433 g/mol. The standard InChI is InChI=1S/C17H27N3S.HI/c1-14-7-5-6-8-15(14)9-10-19-16(18-4)20-11-12-21-17(2,3)13-20;/h5-8H,9-13H2,1-4H3,(H,18,19);1H. The summed E-state index contributed by atoms with van der Waals surface area (Å²) in [6, 6.07) is 8.59. The summed E-state index contributed by atoms with van der Waals surface area (Å²) in [6.45, 7) is 9.87. The number of benzene rings is 1. The molecular weight excluding hydrogens is 405 g/mol. The van der Waals surface area contributed by atoms with E-state index in [-0.39, 0.29) is 24.0 Å². The van der Waals surface area contributed by atoms with Crippen LogP contribution < -0.4 is 5.32 Å². The van der Waals surface area contributed by atoms with Crippen molar-refractivity contribution in [1.29, 1.82) is 0 Å². The lowest BCUT2D eigenvalue weighted by molar-refractivity contribution is 0.376. The Hall–Kier alpha value is -0.430. The summed E-state index contributed by atoms with van der Waals surface area (Å²) in [6.07, 6.45) is 1.04. The lowest BCUT2D eigenvalue weighted by Crippen LogP contribution is -2.51. The van der Waals surface area contributed by atoms with E-state index in [1.807, 2.05) is 7.05 Å². The number of aliphatic imine (C=N–C) groups is 1. The summed E-state index contributed by atoms with van der Waals surface area (Å²) in [5.74, 6) is 2.21. The third-order valence-electron chi connectivity index (χ3n) is 3.88. The Morgan fingerprint density at radius 2 is 2.09 bits per heavy atom. The Kier molecular flexibility index (Phi) is 8.03. The lowest BCUT2D eigenvalue weighted by atomic mass is 10.1. The molecule has 0 aromatic heterocycles. The van der Waals surface area contributed by atoms with E-state index in [1.54, 1.807) is 0 Å². The molecular formula is C17H28IN3S. The van der Waals surface area contributed by atoms with Gasteiger partial charge in [-0.05, 0) is 38.3 Å². The normalized spacial score (nSPS) is 17.8. The van der Waals surface area contributed by atoms with Gasteiger partial charge in [-0.25, -0.2) is 0 Å². The van der Waals surface area contributed by atoms with Gasteiger partial charge in [-0.3, -0.25) is 4.99 Å². The van der Waals surface area contributed by atoms with Crippen LogP contribution in [0.2, 0.25) is 0 Å². The Morgan fingerprint density at radius 1 is 1.36 bits per heavy atom. The van der Waals surface area contributed by atoms with Crippen LogP contribution in [0.4, 0.5) is 0 Å². The van der Waals surface area contributed by atoms with E-state index in [2.05, 4.69) is 72.0 Å². The second kappa shape index (κ2) is 9.01. The Bertz CT molecular complexity index is 502. The number of aryl methyl sites for hydroxylation is 1. The molecule has 0 radical (unpaired) electrons. The molecule has 0 bridgehead atoms. The number of hydrogen-bond acceptors (Lipinski definition) is 2. The minimum Gasteiger partial charge on any atom is -0.356 e. The van der Waals surface area contributed by atoms with Crippen LogP contribution in [0.5, 0.6) is 0 Å².